The molecule has 0 aliphatic rings. The van der Waals surface area contributed by atoms with Crippen LogP contribution in [0.15, 0.2) is 0 Å². The van der Waals surface area contributed by atoms with E-state index in [-0.39, 0.29) is 6.04 Å². The Balaban J connectivity index is 2.65. The van der Waals surface area contributed by atoms with Crippen molar-refractivity contribution in [3.8, 4) is 0 Å². The first-order chi connectivity index (χ1) is 6.16. The highest BCUT2D eigenvalue weighted by Crippen LogP contribution is 2.13. The van der Waals surface area contributed by atoms with Gasteiger partial charge >= 0.3 is 0 Å². The van der Waals surface area contributed by atoms with E-state index >= 15 is 0 Å². The number of nitrogens with zero attached hydrogens (tertiary/aromatic N) is 3. The molecule has 4 nitrogen and oxygen atoms in total. The van der Waals surface area contributed by atoms with Crippen LogP contribution in [0.4, 0.5) is 0 Å². The normalized spacial score (nSPS) is 13.2. The molecule has 0 aliphatic heterocycles. The molecule has 0 saturated carbocycles. The Bertz CT molecular complexity index is 271. The average molecular weight is 200 g/mol. The number of hydrogen-bond acceptors (Lipinski definition) is 4. The summed E-state index contributed by atoms with van der Waals surface area (Å²) in [7, 11) is 1.95. The molecule has 0 fully saturated rings. The molecule has 13 heavy (non-hydrogen) atoms. The third-order valence-corrected chi connectivity index (χ3v) is 2.73. The summed E-state index contributed by atoms with van der Waals surface area (Å²) < 4.78 is 1.95. The van der Waals surface area contributed by atoms with Gasteiger partial charge in [0.25, 0.3) is 0 Å². The van der Waals surface area contributed by atoms with Crippen molar-refractivity contribution in [3.05, 3.63) is 11.6 Å². The van der Waals surface area contributed by atoms with E-state index in [2.05, 4.69) is 16.5 Å². The smallest absolute Gasteiger partial charge is 0.149 e. The molecule has 0 aromatic carbocycles. The van der Waals surface area contributed by atoms with Crippen molar-refractivity contribution in [1.29, 1.82) is 0 Å². The van der Waals surface area contributed by atoms with Gasteiger partial charge in [-0.1, -0.05) is 0 Å². The Morgan fingerprint density at radius 3 is 2.69 bits per heavy atom. The molecule has 0 aliphatic carbocycles. The highest BCUT2D eigenvalue weighted by atomic mass is 32.2. The van der Waals surface area contributed by atoms with Crippen LogP contribution in [0.5, 0.6) is 0 Å². The van der Waals surface area contributed by atoms with Crippen molar-refractivity contribution < 1.29 is 0 Å². The Kier molecular flexibility index (Phi) is 3.74. The van der Waals surface area contributed by atoms with E-state index in [0.29, 0.717) is 0 Å². The van der Waals surface area contributed by atoms with E-state index in [4.69, 9.17) is 5.73 Å². The fourth-order valence-corrected chi connectivity index (χ4v) is 1.61. The van der Waals surface area contributed by atoms with Gasteiger partial charge in [0.05, 0.1) is 6.04 Å². The number of hydrogen-bond donors (Lipinski definition) is 1. The summed E-state index contributed by atoms with van der Waals surface area (Å²) in [6, 6.07) is 0.0126. The molecule has 1 unspecified atom stereocenters. The van der Waals surface area contributed by atoms with Crippen LogP contribution >= 0.6 is 11.8 Å². The Morgan fingerprint density at radius 1 is 1.54 bits per heavy atom. The Morgan fingerprint density at radius 2 is 2.23 bits per heavy atom. The lowest BCUT2D eigenvalue weighted by Crippen LogP contribution is -2.16. The third-order valence-electron chi connectivity index (χ3n) is 2.09. The number of aromatic nitrogens is 3. The Hall–Kier alpha value is -0.550. The summed E-state index contributed by atoms with van der Waals surface area (Å²) in [5.41, 5.74) is 5.96. The van der Waals surface area contributed by atoms with Gasteiger partial charge in [0.2, 0.25) is 0 Å². The largest absolute Gasteiger partial charge is 0.321 e. The zero-order valence-electron chi connectivity index (χ0n) is 8.32. The SMILES string of the molecule is CSCCC(N)c1nnc(C)n1C. The molecular weight excluding hydrogens is 184 g/mol. The molecule has 0 radical (unpaired) electrons. The lowest BCUT2D eigenvalue weighted by atomic mass is 10.2. The van der Waals surface area contributed by atoms with Gasteiger partial charge in [-0.2, -0.15) is 11.8 Å². The lowest BCUT2D eigenvalue weighted by molar-refractivity contribution is 0.616. The number of rotatable bonds is 4. The maximum atomic E-state index is 5.96. The second-order valence-corrected chi connectivity index (χ2v) is 4.04. The Labute approximate surface area is 82.9 Å². The van der Waals surface area contributed by atoms with Crippen LogP contribution in [-0.2, 0) is 7.05 Å². The number of aryl methyl sites for hydroxylation is 1. The van der Waals surface area contributed by atoms with Crippen LogP contribution in [0.3, 0.4) is 0 Å². The molecular formula is C8H16N4S. The van der Waals surface area contributed by atoms with Gasteiger partial charge in [0, 0.05) is 7.05 Å². The minimum atomic E-state index is 0.0126. The average Bonchev–Trinajstić information content (AvgIpc) is 2.44. The molecule has 0 spiro atoms. The van der Waals surface area contributed by atoms with Gasteiger partial charge < -0.3 is 10.3 Å². The van der Waals surface area contributed by atoms with Crippen LogP contribution in [0.25, 0.3) is 0 Å². The molecule has 1 aromatic rings. The van der Waals surface area contributed by atoms with Gasteiger partial charge in [0.1, 0.15) is 11.6 Å². The second-order valence-electron chi connectivity index (χ2n) is 3.05. The molecule has 1 atom stereocenters. The van der Waals surface area contributed by atoms with Crippen LogP contribution in [0.1, 0.15) is 24.1 Å². The van der Waals surface area contributed by atoms with Gasteiger partial charge in [-0.25, -0.2) is 0 Å². The topological polar surface area (TPSA) is 56.7 Å². The summed E-state index contributed by atoms with van der Waals surface area (Å²) >= 11 is 1.80. The molecule has 2 N–H and O–H groups in total. The highest BCUT2D eigenvalue weighted by Gasteiger charge is 2.12. The summed E-state index contributed by atoms with van der Waals surface area (Å²) in [4.78, 5) is 0. The predicted molar refractivity (Wildman–Crippen MR) is 55.7 cm³/mol. The van der Waals surface area contributed by atoms with Crippen LogP contribution in [-0.4, -0.2) is 26.8 Å². The van der Waals surface area contributed by atoms with Crippen LogP contribution in [0.2, 0.25) is 0 Å². The van der Waals surface area contributed by atoms with E-state index in [1.54, 1.807) is 11.8 Å². The van der Waals surface area contributed by atoms with Crippen molar-refractivity contribution in [1.82, 2.24) is 14.8 Å². The van der Waals surface area contributed by atoms with E-state index in [1.165, 1.54) is 0 Å². The fourth-order valence-electron chi connectivity index (χ4n) is 1.12. The molecule has 0 saturated heterocycles. The molecule has 5 heteroatoms. The predicted octanol–water partition coefficient (Wildman–Crippen LogP) is 0.876. The fraction of sp³-hybridized carbons (Fsp3) is 0.750. The van der Waals surface area contributed by atoms with Gasteiger partial charge in [-0.3, -0.25) is 0 Å². The zero-order valence-corrected chi connectivity index (χ0v) is 9.14. The van der Waals surface area contributed by atoms with E-state index in [9.17, 15) is 0 Å². The first-order valence-electron chi connectivity index (χ1n) is 4.27. The van der Waals surface area contributed by atoms with Crippen molar-refractivity contribution in [3.63, 3.8) is 0 Å². The van der Waals surface area contributed by atoms with E-state index in [0.717, 1.165) is 23.8 Å². The van der Waals surface area contributed by atoms with E-state index in [1.807, 2.05) is 18.5 Å². The molecule has 1 rings (SSSR count). The lowest BCUT2D eigenvalue weighted by Gasteiger charge is -2.09. The summed E-state index contributed by atoms with van der Waals surface area (Å²) in [5.74, 6) is 2.86. The van der Waals surface area contributed by atoms with E-state index < -0.39 is 0 Å². The maximum Gasteiger partial charge on any atom is 0.149 e. The third kappa shape index (κ3) is 2.45. The van der Waals surface area contributed by atoms with Crippen LogP contribution < -0.4 is 5.73 Å². The van der Waals surface area contributed by atoms with Gasteiger partial charge in [-0.05, 0) is 25.4 Å². The quantitative estimate of drug-likeness (QED) is 0.783. The number of thioether (sulfide) groups is 1. The van der Waals surface area contributed by atoms with Gasteiger partial charge in [-0.15, -0.1) is 10.2 Å². The highest BCUT2D eigenvalue weighted by molar-refractivity contribution is 7.98. The van der Waals surface area contributed by atoms with Gasteiger partial charge in [0.15, 0.2) is 0 Å². The van der Waals surface area contributed by atoms with Crippen molar-refractivity contribution >= 4 is 11.8 Å². The summed E-state index contributed by atoms with van der Waals surface area (Å²) in [6.45, 7) is 1.93. The van der Waals surface area contributed by atoms with Crippen LogP contribution in [0, 0.1) is 6.92 Å². The standard InChI is InChI=1S/C8H16N4S/c1-6-10-11-8(12(6)2)7(9)4-5-13-3/h7H,4-5,9H2,1-3H3. The molecule has 0 amide bonds. The summed E-state index contributed by atoms with van der Waals surface area (Å²) in [6.07, 6.45) is 3.03. The van der Waals surface area contributed by atoms with Crippen molar-refractivity contribution in [2.45, 2.75) is 19.4 Å². The first-order valence-corrected chi connectivity index (χ1v) is 5.66. The van der Waals surface area contributed by atoms with Crippen molar-refractivity contribution in [2.24, 2.45) is 12.8 Å². The minimum absolute atomic E-state index is 0.0126. The summed E-state index contributed by atoms with van der Waals surface area (Å²) in [5, 5.41) is 8.02. The number of nitrogens with two attached hydrogens (primary N) is 1. The zero-order chi connectivity index (χ0) is 9.84. The maximum absolute atomic E-state index is 5.96. The first kappa shape index (κ1) is 10.5. The van der Waals surface area contributed by atoms with Crippen molar-refractivity contribution in [2.75, 3.05) is 12.0 Å². The molecule has 1 heterocycles. The molecule has 74 valence electrons. The molecule has 1 aromatic heterocycles. The minimum Gasteiger partial charge on any atom is -0.321 e. The monoisotopic (exact) mass is 200 g/mol. The molecule has 0 bridgehead atoms. The second kappa shape index (κ2) is 4.62.